The molecule has 2 aromatic carbocycles. The van der Waals surface area contributed by atoms with Gasteiger partial charge in [0.2, 0.25) is 0 Å². The van der Waals surface area contributed by atoms with Gasteiger partial charge in [0.15, 0.2) is 0 Å². The third kappa shape index (κ3) is 3.79. The molecule has 2 nitrogen and oxygen atoms in total. The highest BCUT2D eigenvalue weighted by Crippen LogP contribution is 2.35. The number of para-hydroxylation sites is 1. The zero-order chi connectivity index (χ0) is 16.4. The highest BCUT2D eigenvalue weighted by Gasteiger charge is 2.14. The van der Waals surface area contributed by atoms with Gasteiger partial charge in [0, 0.05) is 26.3 Å². The normalized spacial score (nSPS) is 10.6. The molecule has 0 aliphatic rings. The van der Waals surface area contributed by atoms with E-state index in [9.17, 15) is 4.79 Å². The molecule has 0 spiro atoms. The molecule has 1 amide bonds. The minimum absolute atomic E-state index is 0.115. The molecule has 6 heteroatoms. The Morgan fingerprint density at radius 2 is 1.91 bits per heavy atom. The third-order valence-electron chi connectivity index (χ3n) is 3.26. The predicted octanol–water partition coefficient (Wildman–Crippen LogP) is 6.69. The van der Waals surface area contributed by atoms with E-state index in [4.69, 9.17) is 11.6 Å². The van der Waals surface area contributed by atoms with Gasteiger partial charge in [-0.15, -0.1) is 11.3 Å². The first-order chi connectivity index (χ1) is 11.1. The van der Waals surface area contributed by atoms with Crippen LogP contribution in [0.25, 0.3) is 11.1 Å². The summed E-state index contributed by atoms with van der Waals surface area (Å²) in [5.41, 5.74) is 3.20. The first kappa shape index (κ1) is 17.0. The summed E-state index contributed by atoms with van der Waals surface area (Å²) in [6, 6.07) is 15.2. The molecule has 0 radical (unpaired) electrons. The topological polar surface area (TPSA) is 29.1 Å². The van der Waals surface area contributed by atoms with Crippen molar-refractivity contribution in [2.75, 3.05) is 5.32 Å². The largest absolute Gasteiger partial charge is 0.321 e. The van der Waals surface area contributed by atoms with E-state index in [-0.39, 0.29) is 5.91 Å². The van der Waals surface area contributed by atoms with E-state index in [0.717, 1.165) is 24.2 Å². The molecule has 1 aromatic heterocycles. The molecule has 0 aliphatic heterocycles. The first-order valence-corrected chi connectivity index (χ1v) is 9.78. The van der Waals surface area contributed by atoms with Crippen LogP contribution in [0.4, 0.5) is 5.69 Å². The molecule has 3 aromatic rings. The van der Waals surface area contributed by atoms with Crippen molar-refractivity contribution in [1.82, 2.24) is 0 Å². The van der Waals surface area contributed by atoms with Gasteiger partial charge in [-0.25, -0.2) is 0 Å². The number of anilines is 1. The minimum Gasteiger partial charge on any atom is -0.321 e. The molecular formula is C17H10BrClINOS. The summed E-state index contributed by atoms with van der Waals surface area (Å²) >= 11 is 13.5. The van der Waals surface area contributed by atoms with Gasteiger partial charge in [0.1, 0.15) is 0 Å². The second-order valence-corrected chi connectivity index (χ2v) is 8.78. The average Bonchev–Trinajstić information content (AvgIpc) is 2.94. The van der Waals surface area contributed by atoms with Gasteiger partial charge in [0.25, 0.3) is 5.91 Å². The lowest BCUT2D eigenvalue weighted by Crippen LogP contribution is -2.12. The van der Waals surface area contributed by atoms with Crippen LogP contribution in [0.3, 0.4) is 0 Å². The third-order valence-corrected chi connectivity index (χ3v) is 6.11. The number of hydrogen-bond acceptors (Lipinski definition) is 2. The number of carbonyl (C=O) groups excluding carboxylic acids is 1. The quantitative estimate of drug-likeness (QED) is 0.385. The van der Waals surface area contributed by atoms with Crippen LogP contribution < -0.4 is 5.32 Å². The summed E-state index contributed by atoms with van der Waals surface area (Å²) in [5, 5.41) is 5.53. The lowest BCUT2D eigenvalue weighted by Gasteiger charge is -2.12. The Balaban J connectivity index is 1.98. The van der Waals surface area contributed by atoms with E-state index in [1.807, 2.05) is 53.9 Å². The zero-order valence-electron chi connectivity index (χ0n) is 11.6. The summed E-state index contributed by atoms with van der Waals surface area (Å²) in [6.45, 7) is 0. The molecule has 0 fully saturated rings. The van der Waals surface area contributed by atoms with Crippen molar-refractivity contribution in [2.45, 2.75) is 0 Å². The van der Waals surface area contributed by atoms with Crippen molar-refractivity contribution in [1.29, 1.82) is 0 Å². The number of carbonyl (C=O) groups is 1. The first-order valence-electron chi connectivity index (χ1n) is 6.65. The van der Waals surface area contributed by atoms with E-state index >= 15 is 0 Å². The van der Waals surface area contributed by atoms with Gasteiger partial charge >= 0.3 is 0 Å². The second kappa shape index (κ2) is 7.34. The highest BCUT2D eigenvalue weighted by atomic mass is 127. The van der Waals surface area contributed by atoms with Crippen LogP contribution in [0.2, 0.25) is 5.02 Å². The summed E-state index contributed by atoms with van der Waals surface area (Å²) in [7, 11) is 0. The molecule has 0 unspecified atom stereocenters. The van der Waals surface area contributed by atoms with Crippen LogP contribution in [0.1, 0.15) is 10.4 Å². The highest BCUT2D eigenvalue weighted by molar-refractivity contribution is 14.1. The number of rotatable bonds is 3. The summed E-state index contributed by atoms with van der Waals surface area (Å²) < 4.78 is 1.89. The van der Waals surface area contributed by atoms with Crippen LogP contribution in [-0.2, 0) is 0 Å². The number of thiophene rings is 1. The minimum atomic E-state index is -0.115. The van der Waals surface area contributed by atoms with Gasteiger partial charge in [-0.1, -0.05) is 51.8 Å². The van der Waals surface area contributed by atoms with Crippen molar-refractivity contribution in [3.63, 3.8) is 0 Å². The molecule has 0 bridgehead atoms. The van der Waals surface area contributed by atoms with E-state index in [0.29, 0.717) is 10.6 Å². The fourth-order valence-corrected chi connectivity index (χ4v) is 4.43. The average molecular weight is 519 g/mol. The Morgan fingerprint density at radius 1 is 1.13 bits per heavy atom. The SMILES string of the molecule is O=C(Nc1ccccc1-c1ccc(Br)cc1Cl)c1ccsc1I. The van der Waals surface area contributed by atoms with E-state index in [1.165, 1.54) is 0 Å². The fourth-order valence-electron chi connectivity index (χ4n) is 2.18. The number of hydrogen-bond donors (Lipinski definition) is 1. The van der Waals surface area contributed by atoms with Crippen molar-refractivity contribution >= 4 is 73.1 Å². The summed E-state index contributed by atoms with van der Waals surface area (Å²) in [6.07, 6.45) is 0. The predicted molar refractivity (Wildman–Crippen MR) is 110 cm³/mol. The Morgan fingerprint density at radius 3 is 2.61 bits per heavy atom. The van der Waals surface area contributed by atoms with Crippen LogP contribution in [0, 0.1) is 2.88 Å². The zero-order valence-corrected chi connectivity index (χ0v) is 17.0. The number of amides is 1. The van der Waals surface area contributed by atoms with Crippen LogP contribution in [-0.4, -0.2) is 5.91 Å². The molecule has 0 aliphatic carbocycles. The second-order valence-electron chi connectivity index (χ2n) is 4.73. The van der Waals surface area contributed by atoms with E-state index in [1.54, 1.807) is 11.3 Å². The maximum Gasteiger partial charge on any atom is 0.257 e. The molecule has 1 heterocycles. The maximum absolute atomic E-state index is 12.5. The van der Waals surface area contributed by atoms with E-state index in [2.05, 4.69) is 43.8 Å². The van der Waals surface area contributed by atoms with E-state index < -0.39 is 0 Å². The Kier molecular flexibility index (Phi) is 5.41. The number of benzene rings is 2. The van der Waals surface area contributed by atoms with Gasteiger partial charge in [-0.05, 0) is 52.2 Å². The molecule has 0 atom stereocenters. The standard InChI is InChI=1S/C17H10BrClINOS/c18-10-5-6-11(14(19)9-10)12-3-1-2-4-15(12)21-17(22)13-7-8-23-16(13)20/h1-9H,(H,21,22). The van der Waals surface area contributed by atoms with Gasteiger partial charge in [-0.3, -0.25) is 4.79 Å². The number of halogens is 3. The van der Waals surface area contributed by atoms with Gasteiger partial charge in [0.05, 0.1) is 8.45 Å². The number of nitrogens with one attached hydrogen (secondary N) is 1. The maximum atomic E-state index is 12.5. The lowest BCUT2D eigenvalue weighted by molar-refractivity contribution is 0.102. The summed E-state index contributed by atoms with van der Waals surface area (Å²) in [4.78, 5) is 12.5. The van der Waals surface area contributed by atoms with Gasteiger partial charge < -0.3 is 5.32 Å². The molecule has 1 N–H and O–H groups in total. The molecule has 0 saturated carbocycles. The monoisotopic (exact) mass is 517 g/mol. The molecule has 0 saturated heterocycles. The molecule has 3 rings (SSSR count). The summed E-state index contributed by atoms with van der Waals surface area (Å²) in [5.74, 6) is -0.115. The van der Waals surface area contributed by atoms with Crippen molar-refractivity contribution in [2.24, 2.45) is 0 Å². The van der Waals surface area contributed by atoms with Gasteiger partial charge in [-0.2, -0.15) is 0 Å². The fraction of sp³-hybridized carbons (Fsp3) is 0. The smallest absolute Gasteiger partial charge is 0.257 e. The molecular weight excluding hydrogens is 509 g/mol. The Labute approximate surface area is 165 Å². The van der Waals surface area contributed by atoms with Crippen molar-refractivity contribution in [3.05, 3.63) is 71.9 Å². The van der Waals surface area contributed by atoms with Crippen molar-refractivity contribution in [3.8, 4) is 11.1 Å². The molecule has 116 valence electrons. The Hall–Kier alpha value is -0.890. The van der Waals surface area contributed by atoms with Crippen LogP contribution >= 0.6 is 61.5 Å². The molecule has 23 heavy (non-hydrogen) atoms. The van der Waals surface area contributed by atoms with Crippen LogP contribution in [0.5, 0.6) is 0 Å². The van der Waals surface area contributed by atoms with Crippen molar-refractivity contribution < 1.29 is 4.79 Å². The Bertz CT molecular complexity index is 881. The van der Waals surface area contributed by atoms with Crippen LogP contribution in [0.15, 0.2) is 58.4 Å². The lowest BCUT2D eigenvalue weighted by atomic mass is 10.0.